The Kier molecular flexibility index (Phi) is 2.38. The van der Waals surface area contributed by atoms with E-state index in [0.717, 1.165) is 24.1 Å². The molecule has 1 aromatic rings. The Hall–Kier alpha value is -1.88. The number of aliphatic hydroxyl groups is 1. The van der Waals surface area contributed by atoms with Crippen LogP contribution < -0.4 is 10.2 Å². The zero-order valence-corrected chi connectivity index (χ0v) is 9.85. The predicted octanol–water partition coefficient (Wildman–Crippen LogP) is 0.131. The van der Waals surface area contributed by atoms with Crippen LogP contribution in [0.4, 0.5) is 5.69 Å². The minimum atomic E-state index is -0.770. The van der Waals surface area contributed by atoms with Crippen molar-refractivity contribution in [2.24, 2.45) is 0 Å². The molecular weight excluding hydrogens is 232 g/mol. The van der Waals surface area contributed by atoms with Crippen LogP contribution in [-0.2, 0) is 15.2 Å². The molecule has 0 radical (unpaired) electrons. The van der Waals surface area contributed by atoms with Crippen LogP contribution in [-0.4, -0.2) is 30.0 Å². The van der Waals surface area contributed by atoms with Crippen LogP contribution in [0.25, 0.3) is 0 Å². The van der Waals surface area contributed by atoms with Crippen LogP contribution >= 0.6 is 0 Å². The number of hydrogen-bond acceptors (Lipinski definition) is 4. The summed E-state index contributed by atoms with van der Waals surface area (Å²) in [7, 11) is 0. The van der Waals surface area contributed by atoms with Gasteiger partial charge in [0.05, 0.1) is 18.7 Å². The molecule has 0 aromatic heterocycles. The largest absolute Gasteiger partial charge is 0.385 e. The second-order valence-corrected chi connectivity index (χ2v) is 4.88. The number of anilines is 1. The number of amides is 2. The van der Waals surface area contributed by atoms with E-state index in [1.165, 1.54) is 0 Å². The average molecular weight is 246 g/mol. The molecule has 1 saturated carbocycles. The molecule has 18 heavy (non-hydrogen) atoms. The number of nitrogens with one attached hydrogen (secondary N) is 1. The molecule has 2 amide bonds. The van der Waals surface area contributed by atoms with E-state index in [-0.39, 0.29) is 24.9 Å². The van der Waals surface area contributed by atoms with Crippen molar-refractivity contribution in [2.45, 2.75) is 18.4 Å². The number of nitrogens with zero attached hydrogens (tertiary/aromatic N) is 1. The molecule has 5 heteroatoms. The lowest BCUT2D eigenvalue weighted by molar-refractivity contribution is -0.130. The Morgan fingerprint density at radius 3 is 2.33 bits per heavy atom. The lowest BCUT2D eigenvalue weighted by atomic mass is 10.0. The standard InChI is InChI=1S/C13H14N2O3/c16-11-7-15(8-12(17)14-11)10-4-2-1-3-9(10)13(18)5-6-13/h1-4,18H,5-8H2,(H,14,16,17). The first-order chi connectivity index (χ1) is 8.58. The zero-order valence-electron chi connectivity index (χ0n) is 9.85. The first-order valence-electron chi connectivity index (χ1n) is 5.98. The molecule has 2 aliphatic rings. The average Bonchev–Trinajstić information content (AvgIpc) is 3.07. The van der Waals surface area contributed by atoms with Crippen molar-refractivity contribution in [3.05, 3.63) is 29.8 Å². The summed E-state index contributed by atoms with van der Waals surface area (Å²) in [5.41, 5.74) is 0.821. The van der Waals surface area contributed by atoms with Crippen LogP contribution in [0.5, 0.6) is 0 Å². The maximum atomic E-state index is 11.4. The molecule has 1 saturated heterocycles. The predicted molar refractivity (Wildman–Crippen MR) is 64.9 cm³/mol. The van der Waals surface area contributed by atoms with Gasteiger partial charge in [-0.05, 0) is 18.9 Å². The summed E-state index contributed by atoms with van der Waals surface area (Å²) >= 11 is 0. The van der Waals surface area contributed by atoms with Crippen molar-refractivity contribution in [3.8, 4) is 0 Å². The third-order valence-electron chi connectivity index (χ3n) is 3.42. The molecule has 3 rings (SSSR count). The summed E-state index contributed by atoms with van der Waals surface area (Å²) < 4.78 is 0. The van der Waals surface area contributed by atoms with E-state index in [4.69, 9.17) is 0 Å². The van der Waals surface area contributed by atoms with Crippen LogP contribution in [0.1, 0.15) is 18.4 Å². The number of imide groups is 1. The number of carbonyl (C=O) groups excluding carboxylic acids is 2. The molecule has 0 unspecified atom stereocenters. The van der Waals surface area contributed by atoms with Crippen LogP contribution in [0.3, 0.4) is 0 Å². The van der Waals surface area contributed by atoms with Gasteiger partial charge < -0.3 is 10.0 Å². The van der Waals surface area contributed by atoms with E-state index < -0.39 is 5.60 Å². The number of benzene rings is 1. The van der Waals surface area contributed by atoms with E-state index >= 15 is 0 Å². The van der Waals surface area contributed by atoms with Gasteiger partial charge in [-0.2, -0.15) is 0 Å². The Morgan fingerprint density at radius 1 is 1.11 bits per heavy atom. The normalized spacial score (nSPS) is 21.7. The second kappa shape index (κ2) is 3.81. The maximum Gasteiger partial charge on any atom is 0.246 e. The molecule has 5 nitrogen and oxygen atoms in total. The van der Waals surface area contributed by atoms with Crippen molar-refractivity contribution in [3.63, 3.8) is 0 Å². The van der Waals surface area contributed by atoms with Gasteiger partial charge in [-0.25, -0.2) is 0 Å². The molecule has 2 fully saturated rings. The fourth-order valence-corrected chi connectivity index (χ4v) is 2.34. The lowest BCUT2D eigenvalue weighted by Gasteiger charge is -2.30. The summed E-state index contributed by atoms with van der Waals surface area (Å²) in [6.45, 7) is 0.303. The van der Waals surface area contributed by atoms with Gasteiger partial charge in [0.2, 0.25) is 11.8 Å². The highest BCUT2D eigenvalue weighted by Gasteiger charge is 2.44. The van der Waals surface area contributed by atoms with E-state index in [0.29, 0.717) is 0 Å². The Labute approximate surface area is 104 Å². The molecule has 94 valence electrons. The fraction of sp³-hybridized carbons (Fsp3) is 0.385. The molecule has 0 spiro atoms. The lowest BCUT2D eigenvalue weighted by Crippen LogP contribution is -2.51. The first-order valence-corrected chi connectivity index (χ1v) is 5.98. The summed E-state index contributed by atoms with van der Waals surface area (Å²) in [6.07, 6.45) is 1.47. The van der Waals surface area contributed by atoms with Crippen LogP contribution in [0.2, 0.25) is 0 Å². The molecule has 1 aromatic carbocycles. The zero-order chi connectivity index (χ0) is 12.8. The Bertz CT molecular complexity index is 507. The minimum absolute atomic E-state index is 0.152. The van der Waals surface area contributed by atoms with Gasteiger partial charge in [0.15, 0.2) is 0 Å². The van der Waals surface area contributed by atoms with Gasteiger partial charge in [-0.3, -0.25) is 14.9 Å². The number of carbonyl (C=O) groups is 2. The number of rotatable bonds is 2. The smallest absolute Gasteiger partial charge is 0.246 e. The highest BCUT2D eigenvalue weighted by Crippen LogP contribution is 2.48. The summed E-state index contributed by atoms with van der Waals surface area (Å²) in [4.78, 5) is 24.5. The maximum absolute atomic E-state index is 11.4. The highest BCUT2D eigenvalue weighted by molar-refractivity contribution is 6.02. The number of para-hydroxylation sites is 1. The molecule has 2 N–H and O–H groups in total. The number of piperazine rings is 1. The molecule has 1 heterocycles. The van der Waals surface area contributed by atoms with Crippen molar-refractivity contribution in [1.82, 2.24) is 5.32 Å². The third kappa shape index (κ3) is 1.86. The van der Waals surface area contributed by atoms with Gasteiger partial charge in [0, 0.05) is 11.3 Å². The van der Waals surface area contributed by atoms with E-state index in [1.54, 1.807) is 4.90 Å². The topological polar surface area (TPSA) is 69.6 Å². The van der Waals surface area contributed by atoms with Crippen molar-refractivity contribution in [2.75, 3.05) is 18.0 Å². The summed E-state index contributed by atoms with van der Waals surface area (Å²) in [6, 6.07) is 7.42. The second-order valence-electron chi connectivity index (χ2n) is 4.88. The van der Waals surface area contributed by atoms with Crippen molar-refractivity contribution in [1.29, 1.82) is 0 Å². The van der Waals surface area contributed by atoms with Crippen molar-refractivity contribution >= 4 is 17.5 Å². The first kappa shape index (κ1) is 11.2. The van der Waals surface area contributed by atoms with Crippen LogP contribution in [0.15, 0.2) is 24.3 Å². The Morgan fingerprint density at radius 2 is 1.72 bits per heavy atom. The molecule has 0 atom stereocenters. The summed E-state index contributed by atoms with van der Waals surface area (Å²) in [5, 5.41) is 12.5. The molecular formula is C13H14N2O3. The van der Waals surface area contributed by atoms with E-state index in [2.05, 4.69) is 5.32 Å². The van der Waals surface area contributed by atoms with E-state index in [9.17, 15) is 14.7 Å². The van der Waals surface area contributed by atoms with Gasteiger partial charge in [-0.1, -0.05) is 18.2 Å². The molecule has 0 bridgehead atoms. The molecule has 1 aliphatic carbocycles. The van der Waals surface area contributed by atoms with Crippen LogP contribution in [0, 0.1) is 0 Å². The highest BCUT2D eigenvalue weighted by atomic mass is 16.3. The quantitative estimate of drug-likeness (QED) is 0.728. The molecule has 1 aliphatic heterocycles. The van der Waals surface area contributed by atoms with Gasteiger partial charge >= 0.3 is 0 Å². The van der Waals surface area contributed by atoms with Gasteiger partial charge in [0.25, 0.3) is 0 Å². The number of hydrogen-bond donors (Lipinski definition) is 2. The third-order valence-corrected chi connectivity index (χ3v) is 3.42. The minimum Gasteiger partial charge on any atom is -0.385 e. The van der Waals surface area contributed by atoms with Crippen molar-refractivity contribution < 1.29 is 14.7 Å². The fourth-order valence-electron chi connectivity index (χ4n) is 2.34. The Balaban J connectivity index is 1.96. The SMILES string of the molecule is O=C1CN(c2ccccc2C2(O)CC2)CC(=O)N1. The monoisotopic (exact) mass is 246 g/mol. The summed E-state index contributed by atoms with van der Waals surface area (Å²) in [5.74, 6) is -0.604. The van der Waals surface area contributed by atoms with Gasteiger partial charge in [-0.15, -0.1) is 0 Å². The van der Waals surface area contributed by atoms with Gasteiger partial charge in [0.1, 0.15) is 0 Å². The van der Waals surface area contributed by atoms with E-state index in [1.807, 2.05) is 24.3 Å².